The van der Waals surface area contributed by atoms with E-state index < -0.39 is 18.0 Å². The molecule has 0 radical (unpaired) electrons. The number of hydrogen-bond donors (Lipinski definition) is 2. The largest absolute Gasteiger partial charge is 0.497 e. The second kappa shape index (κ2) is 8.93. The first-order valence-corrected chi connectivity index (χ1v) is 8.37. The van der Waals surface area contributed by atoms with Crippen LogP contribution in [0.1, 0.15) is 22.9 Å². The van der Waals surface area contributed by atoms with Crippen LogP contribution in [0.5, 0.6) is 11.5 Å². The van der Waals surface area contributed by atoms with E-state index in [2.05, 4.69) is 5.32 Å². The Morgan fingerprint density at radius 3 is 2.64 bits per heavy atom. The highest BCUT2D eigenvalue weighted by molar-refractivity contribution is 7.10. The van der Waals surface area contributed by atoms with Crippen LogP contribution < -0.4 is 20.5 Å². The molecule has 0 aliphatic carbocycles. The summed E-state index contributed by atoms with van der Waals surface area (Å²) >= 11 is 1.43. The van der Waals surface area contributed by atoms with E-state index in [1.807, 2.05) is 17.5 Å². The van der Waals surface area contributed by atoms with Gasteiger partial charge in [-0.25, -0.2) is 4.79 Å². The van der Waals surface area contributed by atoms with Crippen molar-refractivity contribution in [2.75, 3.05) is 14.2 Å². The number of amides is 2. The van der Waals surface area contributed by atoms with Gasteiger partial charge in [-0.1, -0.05) is 6.07 Å². The molecular formula is C17H20N2O5S. The first-order chi connectivity index (χ1) is 12.0. The molecule has 0 fully saturated rings. The molecule has 134 valence electrons. The fourth-order valence-electron chi connectivity index (χ4n) is 2.26. The van der Waals surface area contributed by atoms with Crippen molar-refractivity contribution in [1.29, 1.82) is 0 Å². The molecular weight excluding hydrogens is 344 g/mol. The Kier molecular flexibility index (Phi) is 6.64. The molecule has 2 aromatic rings. The number of rotatable bonds is 8. The summed E-state index contributed by atoms with van der Waals surface area (Å²) in [6.45, 7) is 0.0347. The molecule has 25 heavy (non-hydrogen) atoms. The average molecular weight is 364 g/mol. The zero-order valence-corrected chi connectivity index (χ0v) is 14.8. The van der Waals surface area contributed by atoms with Gasteiger partial charge in [0.1, 0.15) is 18.1 Å². The van der Waals surface area contributed by atoms with Crippen molar-refractivity contribution in [2.24, 2.45) is 5.73 Å². The van der Waals surface area contributed by atoms with Crippen LogP contribution in [0.25, 0.3) is 0 Å². The van der Waals surface area contributed by atoms with E-state index >= 15 is 0 Å². The molecule has 0 saturated heterocycles. The van der Waals surface area contributed by atoms with Crippen molar-refractivity contribution in [3.63, 3.8) is 0 Å². The molecule has 0 saturated carbocycles. The number of urea groups is 1. The summed E-state index contributed by atoms with van der Waals surface area (Å²) < 4.78 is 15.7. The van der Waals surface area contributed by atoms with Crippen molar-refractivity contribution in [1.82, 2.24) is 5.32 Å². The molecule has 1 aromatic carbocycles. The summed E-state index contributed by atoms with van der Waals surface area (Å²) in [5.41, 5.74) is 5.87. The molecule has 0 bridgehead atoms. The first-order valence-electron chi connectivity index (χ1n) is 7.49. The predicted octanol–water partition coefficient (Wildman–Crippen LogP) is 2.61. The SMILES string of the molecule is COc1ccc(OC)c(COC(=O)C[C@@H](NC(N)=O)c2cccs2)c1. The Bertz CT molecular complexity index is 718. The van der Waals surface area contributed by atoms with Gasteiger partial charge < -0.3 is 25.3 Å². The number of nitrogens with two attached hydrogens (primary N) is 1. The number of nitrogens with one attached hydrogen (secondary N) is 1. The lowest BCUT2D eigenvalue weighted by Crippen LogP contribution is -2.34. The van der Waals surface area contributed by atoms with Crippen LogP contribution in [0, 0.1) is 0 Å². The van der Waals surface area contributed by atoms with E-state index in [4.69, 9.17) is 19.9 Å². The third kappa shape index (κ3) is 5.39. The normalized spacial score (nSPS) is 11.4. The van der Waals surface area contributed by atoms with Gasteiger partial charge in [0.15, 0.2) is 0 Å². The molecule has 2 rings (SSSR count). The lowest BCUT2D eigenvalue weighted by Gasteiger charge is -2.16. The summed E-state index contributed by atoms with van der Waals surface area (Å²) in [6.07, 6.45) is -0.0181. The van der Waals surface area contributed by atoms with Crippen molar-refractivity contribution in [2.45, 2.75) is 19.1 Å². The van der Waals surface area contributed by atoms with Gasteiger partial charge in [0.05, 0.1) is 26.7 Å². The van der Waals surface area contributed by atoms with Gasteiger partial charge in [0, 0.05) is 10.4 Å². The summed E-state index contributed by atoms with van der Waals surface area (Å²) in [7, 11) is 3.09. The van der Waals surface area contributed by atoms with Gasteiger partial charge in [-0.05, 0) is 29.6 Å². The van der Waals surface area contributed by atoms with Crippen LogP contribution in [0.3, 0.4) is 0 Å². The fourth-order valence-corrected chi connectivity index (χ4v) is 3.04. The minimum absolute atomic E-state index is 0.0181. The number of primary amides is 1. The Balaban J connectivity index is 2.00. The highest BCUT2D eigenvalue weighted by atomic mass is 32.1. The maximum atomic E-state index is 12.2. The van der Waals surface area contributed by atoms with E-state index in [0.29, 0.717) is 17.1 Å². The number of carbonyl (C=O) groups excluding carboxylic acids is 2. The topological polar surface area (TPSA) is 99.9 Å². The zero-order chi connectivity index (χ0) is 18.2. The Morgan fingerprint density at radius 1 is 1.24 bits per heavy atom. The monoisotopic (exact) mass is 364 g/mol. The summed E-state index contributed by atoms with van der Waals surface area (Å²) in [6, 6.07) is 7.69. The number of esters is 1. The average Bonchev–Trinajstić information content (AvgIpc) is 3.13. The Labute approximate surface area is 149 Å². The minimum atomic E-state index is -0.694. The number of benzene rings is 1. The lowest BCUT2D eigenvalue weighted by atomic mass is 10.1. The fraction of sp³-hybridized carbons (Fsp3) is 0.294. The maximum Gasteiger partial charge on any atom is 0.312 e. The lowest BCUT2D eigenvalue weighted by molar-refractivity contribution is -0.145. The molecule has 3 N–H and O–H groups in total. The molecule has 1 heterocycles. The van der Waals surface area contributed by atoms with Crippen molar-refractivity contribution < 1.29 is 23.8 Å². The van der Waals surface area contributed by atoms with Gasteiger partial charge in [0.2, 0.25) is 0 Å². The molecule has 0 unspecified atom stereocenters. The second-order valence-corrected chi connectivity index (χ2v) is 6.10. The first kappa shape index (κ1) is 18.6. The molecule has 0 aliphatic heterocycles. The quantitative estimate of drug-likeness (QED) is 0.701. The number of ether oxygens (including phenoxy) is 3. The third-order valence-electron chi connectivity index (χ3n) is 3.45. The minimum Gasteiger partial charge on any atom is -0.497 e. The maximum absolute atomic E-state index is 12.2. The van der Waals surface area contributed by atoms with Crippen molar-refractivity contribution >= 4 is 23.3 Å². The van der Waals surface area contributed by atoms with Crippen LogP contribution in [-0.4, -0.2) is 26.2 Å². The smallest absolute Gasteiger partial charge is 0.312 e. The highest BCUT2D eigenvalue weighted by Crippen LogP contribution is 2.26. The van der Waals surface area contributed by atoms with E-state index in [-0.39, 0.29) is 13.0 Å². The number of hydrogen-bond acceptors (Lipinski definition) is 6. The Hall–Kier alpha value is -2.74. The molecule has 2 amide bonds. The van der Waals surface area contributed by atoms with Crippen LogP contribution in [0.2, 0.25) is 0 Å². The van der Waals surface area contributed by atoms with Crippen LogP contribution >= 0.6 is 11.3 Å². The number of thiophene rings is 1. The van der Waals surface area contributed by atoms with E-state index in [1.54, 1.807) is 25.3 Å². The van der Waals surface area contributed by atoms with E-state index in [1.165, 1.54) is 18.4 Å². The van der Waals surface area contributed by atoms with Crippen LogP contribution in [-0.2, 0) is 16.1 Å². The third-order valence-corrected chi connectivity index (χ3v) is 4.44. The van der Waals surface area contributed by atoms with Gasteiger partial charge in [-0.15, -0.1) is 11.3 Å². The highest BCUT2D eigenvalue weighted by Gasteiger charge is 2.20. The van der Waals surface area contributed by atoms with Gasteiger partial charge in [-0.2, -0.15) is 0 Å². The molecule has 0 aliphatic rings. The van der Waals surface area contributed by atoms with Gasteiger partial charge in [-0.3, -0.25) is 4.79 Å². The molecule has 1 atom stereocenters. The van der Waals surface area contributed by atoms with Gasteiger partial charge in [0.25, 0.3) is 0 Å². The zero-order valence-electron chi connectivity index (χ0n) is 14.0. The van der Waals surface area contributed by atoms with Crippen molar-refractivity contribution in [3.05, 3.63) is 46.2 Å². The number of carbonyl (C=O) groups is 2. The van der Waals surface area contributed by atoms with E-state index in [0.717, 1.165) is 4.88 Å². The predicted molar refractivity (Wildman–Crippen MR) is 93.7 cm³/mol. The number of methoxy groups -OCH3 is 2. The second-order valence-electron chi connectivity index (χ2n) is 5.12. The van der Waals surface area contributed by atoms with Gasteiger partial charge >= 0.3 is 12.0 Å². The summed E-state index contributed by atoms with van der Waals surface area (Å²) in [5.74, 6) is 0.773. The Morgan fingerprint density at radius 2 is 2.04 bits per heavy atom. The van der Waals surface area contributed by atoms with E-state index in [9.17, 15) is 9.59 Å². The van der Waals surface area contributed by atoms with Crippen LogP contribution in [0.4, 0.5) is 4.79 Å². The molecule has 8 heteroatoms. The standard InChI is InChI=1S/C17H20N2O5S/c1-22-12-5-6-14(23-2)11(8-12)10-24-16(20)9-13(19-17(18)21)15-4-3-7-25-15/h3-8,13H,9-10H2,1-2H3,(H3,18,19,21)/t13-/m1/s1. The van der Waals surface area contributed by atoms with Crippen LogP contribution in [0.15, 0.2) is 35.7 Å². The molecule has 7 nitrogen and oxygen atoms in total. The summed E-state index contributed by atoms with van der Waals surface area (Å²) in [4.78, 5) is 24.2. The molecule has 0 spiro atoms. The molecule has 1 aromatic heterocycles. The summed E-state index contributed by atoms with van der Waals surface area (Å²) in [5, 5.41) is 4.41. The van der Waals surface area contributed by atoms with Crippen molar-refractivity contribution in [3.8, 4) is 11.5 Å².